The number of nitrogens with zero attached hydrogens (tertiary/aromatic N) is 1. The number of carbonyl (C=O) groups excluding carboxylic acids is 2. The molecule has 1 aliphatic rings. The summed E-state index contributed by atoms with van der Waals surface area (Å²) in [6, 6.07) is 18.3. The molecule has 1 heterocycles. The molecule has 4 rings (SSSR count). The van der Waals surface area contributed by atoms with Crippen molar-refractivity contribution in [2.24, 2.45) is 0 Å². The number of methoxy groups -OCH3 is 2. The van der Waals surface area contributed by atoms with Crippen molar-refractivity contribution in [3.8, 4) is 17.2 Å². The van der Waals surface area contributed by atoms with E-state index in [4.69, 9.17) is 14.2 Å². The molecule has 3 aromatic rings. The third kappa shape index (κ3) is 4.50. The molecule has 0 saturated carbocycles. The first kappa shape index (κ1) is 21.9. The fraction of sp³-hybridized carbons (Fsp3) is 0.120. The normalized spacial score (nSPS) is 14.4. The number of hydrogen-bond donors (Lipinski definition) is 1. The average Bonchev–Trinajstić information content (AvgIpc) is 3.12. The molecule has 8 heteroatoms. The van der Waals surface area contributed by atoms with Crippen LogP contribution in [-0.4, -0.2) is 26.0 Å². The highest BCUT2D eigenvalue weighted by molar-refractivity contribution is 6.31. The number of hydrazine groups is 1. The largest absolute Gasteiger partial charge is 0.493 e. The van der Waals surface area contributed by atoms with Crippen LogP contribution in [-0.2, 0) is 16.2 Å². The van der Waals surface area contributed by atoms with Gasteiger partial charge >= 0.3 is 0 Å². The van der Waals surface area contributed by atoms with E-state index >= 15 is 0 Å². The van der Waals surface area contributed by atoms with Crippen molar-refractivity contribution in [2.75, 3.05) is 19.2 Å². The predicted octanol–water partition coefficient (Wildman–Crippen LogP) is 3.88. The maximum atomic E-state index is 14.0. The second-order valence-corrected chi connectivity index (χ2v) is 7.11. The van der Waals surface area contributed by atoms with Gasteiger partial charge in [0.1, 0.15) is 18.0 Å². The van der Waals surface area contributed by atoms with E-state index in [1.165, 1.54) is 31.4 Å². The van der Waals surface area contributed by atoms with E-state index in [1.54, 1.807) is 54.6 Å². The van der Waals surface area contributed by atoms with Crippen molar-refractivity contribution in [2.45, 2.75) is 6.61 Å². The maximum absolute atomic E-state index is 14.0. The van der Waals surface area contributed by atoms with Gasteiger partial charge in [0.25, 0.3) is 11.8 Å². The first-order valence-electron chi connectivity index (χ1n) is 10.1. The Kier molecular flexibility index (Phi) is 6.26. The van der Waals surface area contributed by atoms with Gasteiger partial charge in [-0.05, 0) is 42.0 Å². The zero-order valence-corrected chi connectivity index (χ0v) is 18.0. The number of ether oxygens (including phenoxy) is 3. The Morgan fingerprint density at radius 3 is 2.21 bits per heavy atom. The van der Waals surface area contributed by atoms with Crippen LogP contribution in [0.25, 0.3) is 6.08 Å². The number of rotatable bonds is 7. The fourth-order valence-electron chi connectivity index (χ4n) is 3.37. The highest BCUT2D eigenvalue weighted by Crippen LogP contribution is 2.40. The van der Waals surface area contributed by atoms with Gasteiger partial charge in [-0.3, -0.25) is 15.0 Å². The number of halogens is 1. The summed E-state index contributed by atoms with van der Waals surface area (Å²) in [5, 5.41) is 1.19. The standard InChI is InChI=1S/C25H21FN2O5/c1-31-21-13-16(12-19-24(29)27-28(25(19)30)18-9-4-3-5-10-18)14-22(32-2)23(21)33-15-17-8-6-7-11-20(17)26/h3-14H,15H2,1-2H3,(H,27,29)/b19-12-. The van der Waals surface area contributed by atoms with Crippen LogP contribution in [0.3, 0.4) is 0 Å². The van der Waals surface area contributed by atoms with Gasteiger partial charge in [-0.15, -0.1) is 0 Å². The third-order valence-corrected chi connectivity index (χ3v) is 5.03. The second kappa shape index (κ2) is 9.44. The second-order valence-electron chi connectivity index (χ2n) is 7.11. The topological polar surface area (TPSA) is 77.1 Å². The third-order valence-electron chi connectivity index (χ3n) is 5.03. The molecule has 0 unspecified atom stereocenters. The van der Waals surface area contributed by atoms with Crippen LogP contribution in [0.4, 0.5) is 10.1 Å². The molecule has 1 aliphatic heterocycles. The number of amides is 2. The first-order valence-corrected chi connectivity index (χ1v) is 10.1. The van der Waals surface area contributed by atoms with Crippen LogP contribution >= 0.6 is 0 Å². The fourth-order valence-corrected chi connectivity index (χ4v) is 3.37. The summed E-state index contributed by atoms with van der Waals surface area (Å²) < 4.78 is 30.6. The molecule has 0 atom stereocenters. The van der Waals surface area contributed by atoms with Crippen LogP contribution in [0.15, 0.2) is 72.3 Å². The minimum Gasteiger partial charge on any atom is -0.493 e. The number of carbonyl (C=O) groups is 2. The highest BCUT2D eigenvalue weighted by Gasteiger charge is 2.34. The van der Waals surface area contributed by atoms with Gasteiger partial charge in [-0.1, -0.05) is 36.4 Å². The zero-order chi connectivity index (χ0) is 23.4. The summed E-state index contributed by atoms with van der Waals surface area (Å²) >= 11 is 0. The molecular formula is C25H21FN2O5. The van der Waals surface area contributed by atoms with E-state index in [2.05, 4.69) is 5.43 Å². The molecule has 7 nitrogen and oxygen atoms in total. The summed E-state index contributed by atoms with van der Waals surface area (Å²) in [4.78, 5) is 25.3. The van der Waals surface area contributed by atoms with E-state index in [0.29, 0.717) is 28.3 Å². The Bertz CT molecular complexity index is 1200. The van der Waals surface area contributed by atoms with E-state index < -0.39 is 11.8 Å². The maximum Gasteiger partial charge on any atom is 0.282 e. The number of benzene rings is 3. The molecule has 0 aromatic heterocycles. The molecule has 1 N–H and O–H groups in total. The molecule has 0 radical (unpaired) electrons. The number of anilines is 1. The van der Waals surface area contributed by atoms with Gasteiger partial charge in [0.15, 0.2) is 11.5 Å². The van der Waals surface area contributed by atoms with Crippen molar-refractivity contribution < 1.29 is 28.2 Å². The predicted molar refractivity (Wildman–Crippen MR) is 120 cm³/mol. The quantitative estimate of drug-likeness (QED) is 0.439. The summed E-state index contributed by atoms with van der Waals surface area (Å²) in [6.07, 6.45) is 1.45. The summed E-state index contributed by atoms with van der Waals surface area (Å²) in [5.74, 6) is -0.499. The smallest absolute Gasteiger partial charge is 0.282 e. The van der Waals surface area contributed by atoms with Crippen molar-refractivity contribution in [1.29, 1.82) is 0 Å². The average molecular weight is 448 g/mol. The summed E-state index contributed by atoms with van der Waals surface area (Å²) in [5.41, 5.74) is 3.94. The van der Waals surface area contributed by atoms with Crippen LogP contribution in [0, 0.1) is 5.82 Å². The Balaban J connectivity index is 1.63. The monoisotopic (exact) mass is 448 g/mol. The molecule has 33 heavy (non-hydrogen) atoms. The van der Waals surface area contributed by atoms with Gasteiger partial charge < -0.3 is 14.2 Å². The molecule has 0 aliphatic carbocycles. The molecule has 1 fully saturated rings. The van der Waals surface area contributed by atoms with E-state index in [0.717, 1.165) is 0 Å². The zero-order valence-electron chi connectivity index (χ0n) is 18.0. The molecule has 0 spiro atoms. The minimum absolute atomic E-state index is 0.0350. The summed E-state index contributed by atoms with van der Waals surface area (Å²) in [7, 11) is 2.90. The Labute approximate surface area is 190 Å². The van der Waals surface area contributed by atoms with Crippen molar-refractivity contribution >= 4 is 23.6 Å². The van der Waals surface area contributed by atoms with E-state index in [9.17, 15) is 14.0 Å². The van der Waals surface area contributed by atoms with Crippen molar-refractivity contribution in [3.63, 3.8) is 0 Å². The van der Waals surface area contributed by atoms with Crippen LogP contribution < -0.4 is 24.6 Å². The van der Waals surface area contributed by atoms with E-state index in [-0.39, 0.29) is 23.7 Å². The Morgan fingerprint density at radius 2 is 1.58 bits per heavy atom. The lowest BCUT2D eigenvalue weighted by molar-refractivity contribution is -0.117. The van der Waals surface area contributed by atoms with Gasteiger partial charge in [0.05, 0.1) is 19.9 Å². The summed E-state index contributed by atoms with van der Waals surface area (Å²) in [6.45, 7) is -0.0350. The van der Waals surface area contributed by atoms with Crippen LogP contribution in [0.2, 0.25) is 0 Å². The van der Waals surface area contributed by atoms with Crippen molar-refractivity contribution in [3.05, 3.63) is 89.2 Å². The minimum atomic E-state index is -0.526. The Morgan fingerprint density at radius 1 is 0.939 bits per heavy atom. The lowest BCUT2D eigenvalue weighted by atomic mass is 10.1. The number of nitrogens with one attached hydrogen (secondary N) is 1. The Hall–Kier alpha value is -4.33. The molecule has 168 valence electrons. The highest BCUT2D eigenvalue weighted by atomic mass is 19.1. The number of para-hydroxylation sites is 1. The molecule has 3 aromatic carbocycles. The van der Waals surface area contributed by atoms with E-state index in [1.807, 2.05) is 6.07 Å². The molecule has 2 amide bonds. The molecular weight excluding hydrogens is 427 g/mol. The van der Waals surface area contributed by atoms with Crippen molar-refractivity contribution in [1.82, 2.24) is 5.43 Å². The van der Waals surface area contributed by atoms with Gasteiger partial charge in [0, 0.05) is 5.56 Å². The van der Waals surface area contributed by atoms with Gasteiger partial charge in [-0.2, -0.15) is 0 Å². The SMILES string of the molecule is COc1cc(/C=C2/C(=O)NN(c3ccccc3)C2=O)cc(OC)c1OCc1ccccc1F. The molecule has 0 bridgehead atoms. The lowest BCUT2D eigenvalue weighted by Gasteiger charge is -2.16. The van der Waals surface area contributed by atoms with Crippen LogP contribution in [0.1, 0.15) is 11.1 Å². The van der Waals surface area contributed by atoms with Gasteiger partial charge in [-0.25, -0.2) is 9.40 Å². The molecule has 1 saturated heterocycles. The van der Waals surface area contributed by atoms with Crippen LogP contribution in [0.5, 0.6) is 17.2 Å². The lowest BCUT2D eigenvalue weighted by Crippen LogP contribution is -2.35. The van der Waals surface area contributed by atoms with Gasteiger partial charge in [0.2, 0.25) is 5.75 Å². The first-order chi connectivity index (χ1) is 16.0. The number of hydrogen-bond acceptors (Lipinski definition) is 5.